The van der Waals surface area contributed by atoms with Crippen LogP contribution in [0.15, 0.2) is 0 Å². The van der Waals surface area contributed by atoms with Gasteiger partial charge in [-0.3, -0.25) is 0 Å². The Morgan fingerprint density at radius 3 is 2.74 bits per heavy atom. The van der Waals surface area contributed by atoms with Crippen molar-refractivity contribution in [3.8, 4) is 0 Å². The standard InChI is InChI=1S/C14H26N2O2S/c1-11(2)9-15-10-13-12(3)16-14(19-13)5-6-18-8-7-17-4/h11,15H,5-10H2,1-4H3. The first-order valence-electron chi connectivity index (χ1n) is 6.86. The lowest BCUT2D eigenvalue weighted by Crippen LogP contribution is -2.18. The van der Waals surface area contributed by atoms with Gasteiger partial charge in [-0.05, 0) is 19.4 Å². The molecule has 0 aromatic carbocycles. The average Bonchev–Trinajstić information content (AvgIpc) is 2.69. The summed E-state index contributed by atoms with van der Waals surface area (Å²) < 4.78 is 10.4. The van der Waals surface area contributed by atoms with Gasteiger partial charge in [-0.25, -0.2) is 4.98 Å². The minimum Gasteiger partial charge on any atom is -0.382 e. The van der Waals surface area contributed by atoms with Gasteiger partial charge in [-0.2, -0.15) is 0 Å². The highest BCUT2D eigenvalue weighted by atomic mass is 32.1. The zero-order valence-electron chi connectivity index (χ0n) is 12.5. The summed E-state index contributed by atoms with van der Waals surface area (Å²) in [4.78, 5) is 5.93. The lowest BCUT2D eigenvalue weighted by atomic mass is 10.2. The largest absolute Gasteiger partial charge is 0.382 e. The van der Waals surface area contributed by atoms with Crippen LogP contribution >= 0.6 is 11.3 Å². The summed E-state index contributed by atoms with van der Waals surface area (Å²) >= 11 is 1.79. The maximum Gasteiger partial charge on any atom is 0.0954 e. The van der Waals surface area contributed by atoms with Crippen molar-refractivity contribution in [1.29, 1.82) is 0 Å². The van der Waals surface area contributed by atoms with Gasteiger partial charge < -0.3 is 14.8 Å². The van der Waals surface area contributed by atoms with E-state index in [1.165, 1.54) is 4.88 Å². The number of methoxy groups -OCH3 is 1. The van der Waals surface area contributed by atoms with Gasteiger partial charge in [0.05, 0.1) is 30.5 Å². The summed E-state index contributed by atoms with van der Waals surface area (Å²) in [6.45, 7) is 10.5. The van der Waals surface area contributed by atoms with E-state index in [1.54, 1.807) is 18.4 Å². The van der Waals surface area contributed by atoms with Crippen molar-refractivity contribution in [1.82, 2.24) is 10.3 Å². The summed E-state index contributed by atoms with van der Waals surface area (Å²) in [5, 5.41) is 4.63. The Balaban J connectivity index is 2.28. The highest BCUT2D eigenvalue weighted by molar-refractivity contribution is 7.11. The van der Waals surface area contributed by atoms with Crippen molar-refractivity contribution in [2.45, 2.75) is 33.7 Å². The van der Waals surface area contributed by atoms with Gasteiger partial charge in [-0.15, -0.1) is 11.3 Å². The predicted molar refractivity (Wildman–Crippen MR) is 79.8 cm³/mol. The van der Waals surface area contributed by atoms with E-state index >= 15 is 0 Å². The van der Waals surface area contributed by atoms with Gasteiger partial charge in [0.1, 0.15) is 0 Å². The SMILES string of the molecule is COCCOCCc1nc(C)c(CNCC(C)C)s1. The van der Waals surface area contributed by atoms with Crippen LogP contribution in [-0.4, -0.2) is 38.5 Å². The van der Waals surface area contributed by atoms with Crippen molar-refractivity contribution in [3.63, 3.8) is 0 Å². The van der Waals surface area contributed by atoms with Crippen molar-refractivity contribution in [2.75, 3.05) is 33.5 Å². The molecule has 0 aliphatic carbocycles. The zero-order chi connectivity index (χ0) is 14.1. The van der Waals surface area contributed by atoms with Crippen molar-refractivity contribution < 1.29 is 9.47 Å². The summed E-state index contributed by atoms with van der Waals surface area (Å²) in [6.07, 6.45) is 0.888. The van der Waals surface area contributed by atoms with Gasteiger partial charge in [0.25, 0.3) is 0 Å². The van der Waals surface area contributed by atoms with Crippen LogP contribution in [0, 0.1) is 12.8 Å². The molecule has 0 saturated heterocycles. The first kappa shape index (κ1) is 16.6. The molecule has 0 saturated carbocycles. The Hall–Kier alpha value is -0.490. The van der Waals surface area contributed by atoms with Gasteiger partial charge in [0.2, 0.25) is 0 Å². The minimum atomic E-state index is 0.654. The first-order valence-corrected chi connectivity index (χ1v) is 7.67. The molecule has 1 N–H and O–H groups in total. The number of rotatable bonds is 10. The summed E-state index contributed by atoms with van der Waals surface area (Å²) in [5.41, 5.74) is 1.15. The number of hydrogen-bond donors (Lipinski definition) is 1. The molecule has 0 spiro atoms. The lowest BCUT2D eigenvalue weighted by Gasteiger charge is -2.05. The third-order valence-electron chi connectivity index (χ3n) is 2.67. The van der Waals surface area contributed by atoms with E-state index in [4.69, 9.17) is 9.47 Å². The van der Waals surface area contributed by atoms with Crippen LogP contribution in [0.25, 0.3) is 0 Å². The molecule has 0 bridgehead atoms. The Morgan fingerprint density at radius 1 is 1.26 bits per heavy atom. The van der Waals surface area contributed by atoms with E-state index in [1.807, 2.05) is 0 Å². The molecule has 19 heavy (non-hydrogen) atoms. The molecule has 1 aromatic heterocycles. The number of hydrogen-bond acceptors (Lipinski definition) is 5. The van der Waals surface area contributed by atoms with Crippen LogP contribution < -0.4 is 5.32 Å². The van der Waals surface area contributed by atoms with Crippen molar-refractivity contribution in [2.24, 2.45) is 5.92 Å². The van der Waals surface area contributed by atoms with Crippen molar-refractivity contribution >= 4 is 11.3 Å². The molecule has 1 aromatic rings. The molecule has 110 valence electrons. The van der Waals surface area contributed by atoms with Crippen LogP contribution in [0.2, 0.25) is 0 Å². The van der Waals surface area contributed by atoms with E-state index in [2.05, 4.69) is 31.1 Å². The fourth-order valence-corrected chi connectivity index (χ4v) is 2.66. The van der Waals surface area contributed by atoms with Crippen LogP contribution in [-0.2, 0) is 22.4 Å². The summed E-state index contributed by atoms with van der Waals surface area (Å²) in [7, 11) is 1.68. The second-order valence-electron chi connectivity index (χ2n) is 5.00. The Bertz CT molecular complexity index is 353. The van der Waals surface area contributed by atoms with Crippen LogP contribution in [0.1, 0.15) is 29.4 Å². The predicted octanol–water partition coefficient (Wildman–Crippen LogP) is 2.40. The average molecular weight is 286 g/mol. The van der Waals surface area contributed by atoms with E-state index in [0.717, 1.165) is 36.8 Å². The van der Waals surface area contributed by atoms with Crippen LogP contribution in [0.5, 0.6) is 0 Å². The maximum atomic E-state index is 5.47. The van der Waals surface area contributed by atoms with Gasteiger partial charge in [0.15, 0.2) is 0 Å². The maximum absolute atomic E-state index is 5.47. The topological polar surface area (TPSA) is 43.4 Å². The Labute approximate surface area is 120 Å². The molecule has 0 radical (unpaired) electrons. The molecular weight excluding hydrogens is 260 g/mol. The monoisotopic (exact) mass is 286 g/mol. The number of thiazole rings is 1. The third-order valence-corrected chi connectivity index (χ3v) is 3.88. The van der Waals surface area contributed by atoms with E-state index in [0.29, 0.717) is 19.1 Å². The van der Waals surface area contributed by atoms with Gasteiger partial charge in [-0.1, -0.05) is 13.8 Å². The van der Waals surface area contributed by atoms with E-state index < -0.39 is 0 Å². The fraction of sp³-hybridized carbons (Fsp3) is 0.786. The zero-order valence-corrected chi connectivity index (χ0v) is 13.3. The summed E-state index contributed by atoms with van der Waals surface area (Å²) in [5.74, 6) is 0.682. The highest BCUT2D eigenvalue weighted by Crippen LogP contribution is 2.18. The molecule has 5 heteroatoms. The summed E-state index contributed by atoms with van der Waals surface area (Å²) in [6, 6.07) is 0. The Kier molecular flexibility index (Phi) is 8.21. The normalized spacial score (nSPS) is 11.4. The minimum absolute atomic E-state index is 0.654. The lowest BCUT2D eigenvalue weighted by molar-refractivity contribution is 0.0722. The molecule has 0 aliphatic heterocycles. The highest BCUT2D eigenvalue weighted by Gasteiger charge is 2.07. The number of nitrogens with one attached hydrogen (secondary N) is 1. The number of aromatic nitrogens is 1. The fourth-order valence-electron chi connectivity index (χ4n) is 1.64. The molecule has 0 amide bonds. The van der Waals surface area contributed by atoms with Gasteiger partial charge >= 0.3 is 0 Å². The smallest absolute Gasteiger partial charge is 0.0954 e. The molecule has 1 heterocycles. The molecule has 0 unspecified atom stereocenters. The van der Waals surface area contributed by atoms with E-state index in [-0.39, 0.29) is 0 Å². The molecule has 1 rings (SSSR count). The quantitative estimate of drug-likeness (QED) is 0.671. The van der Waals surface area contributed by atoms with Crippen LogP contribution in [0.3, 0.4) is 0 Å². The number of nitrogens with zero attached hydrogens (tertiary/aromatic N) is 1. The van der Waals surface area contributed by atoms with E-state index in [9.17, 15) is 0 Å². The van der Waals surface area contributed by atoms with Crippen LogP contribution in [0.4, 0.5) is 0 Å². The molecule has 0 aliphatic rings. The second kappa shape index (κ2) is 9.42. The number of aryl methyl sites for hydroxylation is 1. The van der Waals surface area contributed by atoms with Gasteiger partial charge in [0, 0.05) is 25.0 Å². The first-order chi connectivity index (χ1) is 9.13. The molecular formula is C14H26N2O2S. The second-order valence-corrected chi connectivity index (χ2v) is 6.16. The Morgan fingerprint density at radius 2 is 2.05 bits per heavy atom. The molecule has 0 atom stereocenters. The molecule has 0 fully saturated rings. The molecule has 4 nitrogen and oxygen atoms in total. The number of ether oxygens (including phenoxy) is 2. The third kappa shape index (κ3) is 7.01. The van der Waals surface area contributed by atoms with Crippen molar-refractivity contribution in [3.05, 3.63) is 15.6 Å².